The van der Waals surface area contributed by atoms with Gasteiger partial charge in [0.2, 0.25) is 0 Å². The van der Waals surface area contributed by atoms with Crippen molar-refractivity contribution in [2.45, 2.75) is 52.1 Å². The molecule has 0 radical (unpaired) electrons. The summed E-state index contributed by atoms with van der Waals surface area (Å²) >= 11 is 0. The lowest BCUT2D eigenvalue weighted by Gasteiger charge is -2.63. The molecule has 2 unspecified atom stereocenters. The largest absolute Gasteiger partial charge is 0.465 e. The maximum absolute atomic E-state index is 11.3. The Morgan fingerprint density at radius 3 is 2.52 bits per heavy atom. The zero-order valence-electron chi connectivity index (χ0n) is 15.3. The van der Waals surface area contributed by atoms with Crippen molar-refractivity contribution >= 4 is 14.2 Å². The maximum Gasteiger partial charge on any atom is 0.407 e. The minimum atomic E-state index is -1.36. The number of rotatable bonds is 1. The lowest BCUT2D eigenvalue weighted by molar-refractivity contribution is -0.237. The second-order valence-corrected chi connectivity index (χ2v) is 13.6. The van der Waals surface area contributed by atoms with Gasteiger partial charge in [-0.2, -0.15) is 0 Å². The molecule has 23 heavy (non-hydrogen) atoms. The van der Waals surface area contributed by atoms with Crippen LogP contribution in [0.3, 0.4) is 0 Å². The Labute approximate surface area is 141 Å². The zero-order chi connectivity index (χ0) is 17.5. The van der Waals surface area contributed by atoms with Gasteiger partial charge in [-0.15, -0.1) is 5.54 Å². The van der Waals surface area contributed by atoms with Crippen molar-refractivity contribution in [3.8, 4) is 11.5 Å². The number of nitrogens with zero attached hydrogens (tertiary/aromatic N) is 2. The van der Waals surface area contributed by atoms with E-state index < -0.39 is 14.2 Å². The molecule has 0 saturated carbocycles. The van der Waals surface area contributed by atoms with E-state index in [0.29, 0.717) is 19.7 Å². The average Bonchev–Trinajstić information content (AvgIpc) is 2.34. The van der Waals surface area contributed by atoms with Gasteiger partial charge in [0.25, 0.3) is 0 Å². The van der Waals surface area contributed by atoms with Crippen molar-refractivity contribution in [2.24, 2.45) is 5.41 Å². The number of hydrogen-bond acceptors (Lipinski definition) is 3. The van der Waals surface area contributed by atoms with Gasteiger partial charge in [-0.1, -0.05) is 46.3 Å². The van der Waals surface area contributed by atoms with Crippen LogP contribution in [0.15, 0.2) is 0 Å². The Kier molecular flexibility index (Phi) is 4.87. The van der Waals surface area contributed by atoms with E-state index in [4.69, 9.17) is 4.74 Å². The number of carboxylic acid groups (broad SMARTS) is 1. The molecule has 2 saturated heterocycles. The third kappa shape index (κ3) is 4.09. The fourth-order valence-electron chi connectivity index (χ4n) is 3.86. The monoisotopic (exact) mass is 338 g/mol. The molecule has 6 heteroatoms. The number of ether oxygens (including phenoxy) is 1. The summed E-state index contributed by atoms with van der Waals surface area (Å²) in [7, 11) is -1.36. The Morgan fingerprint density at radius 1 is 1.35 bits per heavy atom. The first kappa shape index (κ1) is 18.3. The average molecular weight is 339 g/mol. The van der Waals surface area contributed by atoms with Gasteiger partial charge in [0.05, 0.1) is 19.7 Å². The fourth-order valence-corrected chi connectivity index (χ4v) is 4.47. The lowest BCUT2D eigenvalue weighted by atomic mass is 9.68. The van der Waals surface area contributed by atoms with E-state index in [-0.39, 0.29) is 17.1 Å². The number of carbonyl (C=O) groups is 1. The number of amides is 1. The highest BCUT2D eigenvalue weighted by Crippen LogP contribution is 2.44. The highest BCUT2D eigenvalue weighted by molar-refractivity contribution is 6.83. The van der Waals surface area contributed by atoms with E-state index in [1.54, 1.807) is 0 Å². The standard InChI is InChI=1S/C17H30N2O3Si/c1-16(2,3)14-17(13-19(15(20)21)9-10-22-17)12-18(14)8-7-11-23(4,5)6/h14H,8-10,12-13H2,1-6H3,(H,20,21). The van der Waals surface area contributed by atoms with Crippen molar-refractivity contribution < 1.29 is 14.6 Å². The normalized spacial score (nSPS) is 29.0. The van der Waals surface area contributed by atoms with Crippen molar-refractivity contribution in [3.05, 3.63) is 0 Å². The quantitative estimate of drug-likeness (QED) is 0.589. The maximum atomic E-state index is 11.3. The molecule has 2 fully saturated rings. The van der Waals surface area contributed by atoms with Crippen LogP contribution in [0.5, 0.6) is 0 Å². The SMILES string of the molecule is CC(C)(C)C1N(CC#C[Si](C)(C)C)CC12CN(C(=O)O)CCO2. The van der Waals surface area contributed by atoms with Gasteiger partial charge in [0.15, 0.2) is 0 Å². The molecule has 1 spiro atoms. The van der Waals surface area contributed by atoms with E-state index in [1.165, 1.54) is 4.90 Å². The van der Waals surface area contributed by atoms with E-state index in [9.17, 15) is 9.90 Å². The molecular weight excluding hydrogens is 308 g/mol. The molecule has 2 aliphatic heterocycles. The van der Waals surface area contributed by atoms with Gasteiger partial charge in [-0.25, -0.2) is 4.79 Å². The summed E-state index contributed by atoms with van der Waals surface area (Å²) in [6.07, 6.45) is -0.850. The second-order valence-electron chi connectivity index (χ2n) is 8.84. The summed E-state index contributed by atoms with van der Waals surface area (Å²) in [5.41, 5.74) is 3.05. The molecule has 0 aromatic rings. The molecule has 1 N–H and O–H groups in total. The van der Waals surface area contributed by atoms with Gasteiger partial charge >= 0.3 is 6.09 Å². The molecule has 2 atom stereocenters. The molecule has 5 nitrogen and oxygen atoms in total. The topological polar surface area (TPSA) is 53.0 Å². The van der Waals surface area contributed by atoms with Crippen LogP contribution < -0.4 is 0 Å². The van der Waals surface area contributed by atoms with Crippen LogP contribution in [0.2, 0.25) is 19.6 Å². The Balaban J connectivity index is 2.14. The van der Waals surface area contributed by atoms with E-state index >= 15 is 0 Å². The van der Waals surface area contributed by atoms with Gasteiger partial charge in [-0.3, -0.25) is 4.90 Å². The molecule has 0 bridgehead atoms. The fraction of sp³-hybridized carbons (Fsp3) is 0.824. The third-order valence-electron chi connectivity index (χ3n) is 4.38. The summed E-state index contributed by atoms with van der Waals surface area (Å²) in [6.45, 7) is 16.2. The van der Waals surface area contributed by atoms with Crippen molar-refractivity contribution in [1.82, 2.24) is 9.80 Å². The minimum Gasteiger partial charge on any atom is -0.465 e. The Bertz CT molecular complexity index is 527. The van der Waals surface area contributed by atoms with Crippen LogP contribution in [-0.4, -0.2) is 73.5 Å². The second kappa shape index (κ2) is 6.12. The van der Waals surface area contributed by atoms with Gasteiger partial charge in [-0.05, 0) is 5.41 Å². The predicted molar refractivity (Wildman–Crippen MR) is 94.2 cm³/mol. The van der Waals surface area contributed by atoms with E-state index in [2.05, 4.69) is 56.8 Å². The molecule has 130 valence electrons. The number of likely N-dealkylation sites (tertiary alicyclic amines) is 1. The summed E-state index contributed by atoms with van der Waals surface area (Å²) in [6, 6.07) is 0.188. The first-order valence-corrected chi connectivity index (χ1v) is 11.8. The van der Waals surface area contributed by atoms with Crippen LogP contribution in [0.25, 0.3) is 0 Å². The van der Waals surface area contributed by atoms with Crippen molar-refractivity contribution in [1.29, 1.82) is 0 Å². The number of morpholine rings is 1. The highest BCUT2D eigenvalue weighted by Gasteiger charge is 2.60. The molecular formula is C17H30N2O3Si. The van der Waals surface area contributed by atoms with E-state index in [0.717, 1.165) is 13.1 Å². The molecule has 0 aromatic heterocycles. The molecule has 2 rings (SSSR count). The summed E-state index contributed by atoms with van der Waals surface area (Å²) in [4.78, 5) is 15.2. The highest BCUT2D eigenvalue weighted by atomic mass is 28.3. The molecule has 0 aliphatic carbocycles. The predicted octanol–water partition coefficient (Wildman–Crippen LogP) is 2.35. The smallest absolute Gasteiger partial charge is 0.407 e. The summed E-state index contributed by atoms with van der Waals surface area (Å²) in [5, 5.41) is 9.32. The zero-order valence-corrected chi connectivity index (χ0v) is 16.3. The van der Waals surface area contributed by atoms with Crippen LogP contribution in [0.4, 0.5) is 4.79 Å². The van der Waals surface area contributed by atoms with Crippen LogP contribution in [0, 0.1) is 16.9 Å². The number of hydrogen-bond donors (Lipinski definition) is 1. The minimum absolute atomic E-state index is 0.0145. The van der Waals surface area contributed by atoms with E-state index in [1.807, 2.05) is 0 Å². The Hall–Kier alpha value is -1.03. The van der Waals surface area contributed by atoms with Gasteiger partial charge < -0.3 is 14.7 Å². The lowest BCUT2D eigenvalue weighted by Crippen LogP contribution is -2.79. The Morgan fingerprint density at radius 2 is 2.00 bits per heavy atom. The van der Waals surface area contributed by atoms with Crippen molar-refractivity contribution in [3.63, 3.8) is 0 Å². The van der Waals surface area contributed by atoms with Gasteiger partial charge in [0.1, 0.15) is 13.7 Å². The first-order chi connectivity index (χ1) is 10.4. The summed E-state index contributed by atoms with van der Waals surface area (Å²) in [5.74, 6) is 3.34. The third-order valence-corrected chi connectivity index (χ3v) is 5.31. The van der Waals surface area contributed by atoms with Crippen LogP contribution >= 0.6 is 0 Å². The molecule has 1 amide bonds. The summed E-state index contributed by atoms with van der Waals surface area (Å²) < 4.78 is 6.11. The van der Waals surface area contributed by atoms with Gasteiger partial charge in [0, 0.05) is 19.1 Å². The molecule has 0 aromatic carbocycles. The molecule has 2 heterocycles. The van der Waals surface area contributed by atoms with Crippen LogP contribution in [0.1, 0.15) is 20.8 Å². The first-order valence-electron chi connectivity index (χ1n) is 8.31. The molecule has 2 aliphatic rings. The van der Waals surface area contributed by atoms with Crippen molar-refractivity contribution in [2.75, 3.05) is 32.8 Å². The van der Waals surface area contributed by atoms with Crippen LogP contribution in [-0.2, 0) is 4.74 Å².